The van der Waals surface area contributed by atoms with Gasteiger partial charge < -0.3 is 19.4 Å². The summed E-state index contributed by atoms with van der Waals surface area (Å²) in [5.74, 6) is 1.30. The van der Waals surface area contributed by atoms with Crippen molar-refractivity contribution in [2.75, 3.05) is 38.3 Å². The molecule has 0 spiro atoms. The lowest BCUT2D eigenvalue weighted by molar-refractivity contribution is 0.0682. The van der Waals surface area contributed by atoms with Crippen molar-refractivity contribution in [3.8, 4) is 0 Å². The molecule has 6 heteroatoms. The molecule has 1 aliphatic rings. The highest BCUT2D eigenvalue weighted by atomic mass is 16.5. The van der Waals surface area contributed by atoms with Gasteiger partial charge in [0.25, 0.3) is 0 Å². The van der Waals surface area contributed by atoms with Crippen LogP contribution in [0.3, 0.4) is 0 Å². The van der Waals surface area contributed by atoms with E-state index in [4.69, 9.17) is 9.15 Å². The lowest BCUT2D eigenvalue weighted by Gasteiger charge is -2.25. The number of hydrogen-bond donors (Lipinski definition) is 1. The van der Waals surface area contributed by atoms with Gasteiger partial charge >= 0.3 is 6.01 Å². The van der Waals surface area contributed by atoms with Gasteiger partial charge in [-0.2, -0.15) is 0 Å². The van der Waals surface area contributed by atoms with Gasteiger partial charge in [-0.1, -0.05) is 12.0 Å². The summed E-state index contributed by atoms with van der Waals surface area (Å²) in [5, 5.41) is 11.5. The van der Waals surface area contributed by atoms with Crippen LogP contribution in [-0.2, 0) is 4.74 Å². The summed E-state index contributed by atoms with van der Waals surface area (Å²) in [6, 6.07) is 0.703. The van der Waals surface area contributed by atoms with Gasteiger partial charge in [0.05, 0.1) is 6.04 Å². The Kier molecular flexibility index (Phi) is 5.15. The molecule has 0 amide bonds. The topological polar surface area (TPSA) is 63.4 Å². The Morgan fingerprint density at radius 2 is 2.11 bits per heavy atom. The van der Waals surface area contributed by atoms with Gasteiger partial charge in [0, 0.05) is 26.8 Å². The molecule has 1 aromatic rings. The standard InChI is InChI=1S/C13H24N4O2/c1-4-14-10(2)12-15-16-13(19-12)17(3)9-11-5-7-18-8-6-11/h10-11,14H,4-9H2,1-3H3. The van der Waals surface area contributed by atoms with Crippen molar-refractivity contribution in [2.24, 2.45) is 5.92 Å². The number of aromatic nitrogens is 2. The second-order valence-electron chi connectivity index (χ2n) is 5.14. The zero-order valence-electron chi connectivity index (χ0n) is 12.1. The van der Waals surface area contributed by atoms with Crippen LogP contribution in [0.4, 0.5) is 6.01 Å². The van der Waals surface area contributed by atoms with Crippen LogP contribution in [0, 0.1) is 5.92 Å². The predicted octanol–water partition coefficient (Wildman–Crippen LogP) is 1.60. The van der Waals surface area contributed by atoms with Crippen molar-refractivity contribution >= 4 is 6.01 Å². The molecule has 1 aliphatic heterocycles. The summed E-state index contributed by atoms with van der Waals surface area (Å²) < 4.78 is 11.1. The predicted molar refractivity (Wildman–Crippen MR) is 73.2 cm³/mol. The third kappa shape index (κ3) is 3.91. The van der Waals surface area contributed by atoms with E-state index >= 15 is 0 Å². The number of anilines is 1. The fourth-order valence-electron chi connectivity index (χ4n) is 2.34. The van der Waals surface area contributed by atoms with Gasteiger partial charge in [-0.15, -0.1) is 5.10 Å². The second-order valence-corrected chi connectivity index (χ2v) is 5.14. The minimum Gasteiger partial charge on any atom is -0.406 e. The van der Waals surface area contributed by atoms with Crippen LogP contribution in [0.1, 0.15) is 38.6 Å². The first kappa shape index (κ1) is 14.3. The summed E-state index contributed by atoms with van der Waals surface area (Å²) in [7, 11) is 2.00. The van der Waals surface area contributed by atoms with E-state index in [0.29, 0.717) is 17.8 Å². The maximum Gasteiger partial charge on any atom is 0.317 e. The second kappa shape index (κ2) is 6.86. The van der Waals surface area contributed by atoms with Crippen LogP contribution in [-0.4, -0.2) is 43.5 Å². The Morgan fingerprint density at radius 3 is 2.79 bits per heavy atom. The maximum absolute atomic E-state index is 5.71. The van der Waals surface area contributed by atoms with Crippen molar-refractivity contribution in [1.29, 1.82) is 0 Å². The van der Waals surface area contributed by atoms with Crippen LogP contribution >= 0.6 is 0 Å². The molecule has 1 aromatic heterocycles. The summed E-state index contributed by atoms with van der Waals surface area (Å²) in [4.78, 5) is 2.05. The largest absolute Gasteiger partial charge is 0.406 e. The van der Waals surface area contributed by atoms with Crippen molar-refractivity contribution in [3.63, 3.8) is 0 Å². The third-order valence-corrected chi connectivity index (χ3v) is 3.51. The molecular formula is C13H24N4O2. The number of nitrogens with zero attached hydrogens (tertiary/aromatic N) is 3. The normalized spacial score (nSPS) is 18.5. The van der Waals surface area contributed by atoms with Crippen LogP contribution in [0.15, 0.2) is 4.42 Å². The van der Waals surface area contributed by atoms with E-state index in [-0.39, 0.29) is 6.04 Å². The van der Waals surface area contributed by atoms with Crippen LogP contribution in [0.2, 0.25) is 0 Å². The van der Waals surface area contributed by atoms with Crippen LogP contribution in [0.5, 0.6) is 0 Å². The van der Waals surface area contributed by atoms with E-state index in [2.05, 4.69) is 22.4 Å². The Hall–Kier alpha value is -1.14. The first-order valence-electron chi connectivity index (χ1n) is 7.06. The Bertz CT molecular complexity index is 376. The number of hydrogen-bond acceptors (Lipinski definition) is 6. The van der Waals surface area contributed by atoms with Gasteiger partial charge in [-0.25, -0.2) is 0 Å². The molecule has 2 rings (SSSR count). The summed E-state index contributed by atoms with van der Waals surface area (Å²) in [6.45, 7) is 7.65. The van der Waals surface area contributed by atoms with Crippen molar-refractivity contribution in [2.45, 2.75) is 32.7 Å². The molecule has 6 nitrogen and oxygen atoms in total. The van der Waals surface area contributed by atoms with Gasteiger partial charge in [0.1, 0.15) is 0 Å². The van der Waals surface area contributed by atoms with Gasteiger partial charge in [0.2, 0.25) is 5.89 Å². The maximum atomic E-state index is 5.71. The van der Waals surface area contributed by atoms with E-state index in [1.807, 2.05) is 18.9 Å². The molecule has 0 radical (unpaired) electrons. The fourth-order valence-corrected chi connectivity index (χ4v) is 2.34. The quantitative estimate of drug-likeness (QED) is 0.845. The first-order chi connectivity index (χ1) is 9.20. The molecular weight excluding hydrogens is 244 g/mol. The highest BCUT2D eigenvalue weighted by Gasteiger charge is 2.20. The van der Waals surface area contributed by atoms with E-state index in [0.717, 1.165) is 39.1 Å². The monoisotopic (exact) mass is 268 g/mol. The highest BCUT2D eigenvalue weighted by molar-refractivity contribution is 5.22. The minimum atomic E-state index is 0.0998. The molecule has 108 valence electrons. The summed E-state index contributed by atoms with van der Waals surface area (Å²) in [6.07, 6.45) is 2.22. The molecule has 0 saturated carbocycles. The Labute approximate surface area is 114 Å². The van der Waals surface area contributed by atoms with E-state index in [9.17, 15) is 0 Å². The number of rotatable bonds is 6. The SMILES string of the molecule is CCNC(C)c1nnc(N(C)CC2CCOCC2)o1. The van der Waals surface area contributed by atoms with E-state index in [1.165, 1.54) is 0 Å². The molecule has 19 heavy (non-hydrogen) atoms. The molecule has 2 heterocycles. The molecule has 0 aromatic carbocycles. The average Bonchev–Trinajstić information content (AvgIpc) is 2.90. The third-order valence-electron chi connectivity index (χ3n) is 3.51. The van der Waals surface area contributed by atoms with Crippen LogP contribution in [0.25, 0.3) is 0 Å². The zero-order chi connectivity index (χ0) is 13.7. The molecule has 0 bridgehead atoms. The average molecular weight is 268 g/mol. The minimum absolute atomic E-state index is 0.0998. The lowest BCUT2D eigenvalue weighted by Crippen LogP contribution is -2.29. The van der Waals surface area contributed by atoms with Gasteiger partial charge in [0.15, 0.2) is 0 Å². The smallest absolute Gasteiger partial charge is 0.317 e. The van der Waals surface area contributed by atoms with Gasteiger partial charge in [-0.05, 0) is 32.2 Å². The first-order valence-corrected chi connectivity index (χ1v) is 7.06. The zero-order valence-corrected chi connectivity index (χ0v) is 12.1. The van der Waals surface area contributed by atoms with E-state index in [1.54, 1.807) is 0 Å². The Morgan fingerprint density at radius 1 is 1.37 bits per heavy atom. The highest BCUT2D eigenvalue weighted by Crippen LogP contribution is 2.20. The fraction of sp³-hybridized carbons (Fsp3) is 0.846. The van der Waals surface area contributed by atoms with Gasteiger partial charge in [-0.3, -0.25) is 0 Å². The molecule has 1 fully saturated rings. The van der Waals surface area contributed by atoms with Crippen LogP contribution < -0.4 is 10.2 Å². The molecule has 1 atom stereocenters. The number of nitrogens with one attached hydrogen (secondary N) is 1. The molecule has 1 saturated heterocycles. The van der Waals surface area contributed by atoms with Crippen molar-refractivity contribution < 1.29 is 9.15 Å². The summed E-state index contributed by atoms with van der Waals surface area (Å²) in [5.41, 5.74) is 0. The molecule has 1 unspecified atom stereocenters. The summed E-state index contributed by atoms with van der Waals surface area (Å²) >= 11 is 0. The van der Waals surface area contributed by atoms with Crippen molar-refractivity contribution in [3.05, 3.63) is 5.89 Å². The van der Waals surface area contributed by atoms with Crippen molar-refractivity contribution in [1.82, 2.24) is 15.5 Å². The number of ether oxygens (including phenoxy) is 1. The van der Waals surface area contributed by atoms with E-state index < -0.39 is 0 Å². The molecule has 0 aliphatic carbocycles. The Balaban J connectivity index is 1.89. The molecule has 1 N–H and O–H groups in total. The lowest BCUT2D eigenvalue weighted by atomic mass is 10.0.